The molecule has 0 aromatic heterocycles. The van der Waals surface area contributed by atoms with Crippen molar-refractivity contribution in [3.8, 4) is 0 Å². The van der Waals surface area contributed by atoms with Gasteiger partial charge < -0.3 is 15.1 Å². The van der Waals surface area contributed by atoms with Crippen molar-refractivity contribution >= 4 is 17.7 Å². The first-order valence-electron chi connectivity index (χ1n) is 8.81. The van der Waals surface area contributed by atoms with Gasteiger partial charge in [-0.15, -0.1) is 0 Å². The number of carbonyl (C=O) groups is 3. The van der Waals surface area contributed by atoms with Crippen LogP contribution in [0.1, 0.15) is 30.9 Å². The van der Waals surface area contributed by atoms with Gasteiger partial charge in [0.25, 0.3) is 0 Å². The molecule has 2 fully saturated rings. The Morgan fingerprint density at radius 1 is 1.00 bits per heavy atom. The van der Waals surface area contributed by atoms with Crippen molar-refractivity contribution in [2.45, 2.75) is 33.2 Å². The molecule has 1 heterocycles. The number of benzene rings is 1. The number of amides is 3. The van der Waals surface area contributed by atoms with E-state index in [0.717, 1.165) is 5.56 Å². The zero-order valence-electron chi connectivity index (χ0n) is 14.9. The molecule has 0 bridgehead atoms. The summed E-state index contributed by atoms with van der Waals surface area (Å²) in [6.45, 7) is 6.10. The van der Waals surface area contributed by atoms with Crippen LogP contribution < -0.4 is 5.32 Å². The molecule has 1 aromatic rings. The summed E-state index contributed by atoms with van der Waals surface area (Å²) in [5.74, 6) is -0.228. The molecular weight excluding hydrogens is 318 g/mol. The quantitative estimate of drug-likeness (QED) is 0.832. The van der Waals surface area contributed by atoms with Crippen LogP contribution in [-0.4, -0.2) is 53.7 Å². The van der Waals surface area contributed by atoms with E-state index in [2.05, 4.69) is 5.32 Å². The highest BCUT2D eigenvalue weighted by Gasteiger charge is 2.58. The largest absolute Gasteiger partial charge is 0.351 e. The Morgan fingerprint density at radius 2 is 1.56 bits per heavy atom. The molecule has 0 spiro atoms. The highest BCUT2D eigenvalue weighted by molar-refractivity contribution is 6.07. The predicted molar refractivity (Wildman–Crippen MR) is 93.5 cm³/mol. The van der Waals surface area contributed by atoms with Crippen molar-refractivity contribution in [1.82, 2.24) is 15.1 Å². The lowest BCUT2D eigenvalue weighted by atomic mass is 10.0. The molecule has 25 heavy (non-hydrogen) atoms. The van der Waals surface area contributed by atoms with Gasteiger partial charge in [0.2, 0.25) is 17.7 Å². The summed E-state index contributed by atoms with van der Waals surface area (Å²) in [6, 6.07) is 7.98. The second-order valence-corrected chi connectivity index (χ2v) is 7.05. The van der Waals surface area contributed by atoms with Crippen molar-refractivity contribution in [2.24, 2.45) is 5.41 Å². The summed E-state index contributed by atoms with van der Waals surface area (Å²) in [6.07, 6.45) is 1.22. The summed E-state index contributed by atoms with van der Waals surface area (Å²) < 4.78 is 0. The minimum absolute atomic E-state index is 0.0316. The first-order chi connectivity index (χ1) is 11.9. The molecule has 6 nitrogen and oxygen atoms in total. The van der Waals surface area contributed by atoms with Gasteiger partial charge in [-0.1, -0.05) is 29.8 Å². The van der Waals surface area contributed by atoms with Crippen LogP contribution in [-0.2, 0) is 20.9 Å². The summed E-state index contributed by atoms with van der Waals surface area (Å²) in [5.41, 5.74) is 1.31. The van der Waals surface area contributed by atoms with Crippen molar-refractivity contribution in [1.29, 1.82) is 0 Å². The lowest BCUT2D eigenvalue weighted by Gasteiger charge is -2.35. The van der Waals surface area contributed by atoms with E-state index in [4.69, 9.17) is 0 Å². The Balaban J connectivity index is 1.56. The summed E-state index contributed by atoms with van der Waals surface area (Å²) in [7, 11) is 0. The number of aryl methyl sites for hydroxylation is 1. The third-order valence-corrected chi connectivity index (χ3v) is 5.18. The lowest BCUT2D eigenvalue weighted by molar-refractivity contribution is -0.147. The molecule has 3 rings (SSSR count). The summed E-state index contributed by atoms with van der Waals surface area (Å²) in [4.78, 5) is 40.3. The highest BCUT2D eigenvalue weighted by Crippen LogP contribution is 2.47. The van der Waals surface area contributed by atoms with Gasteiger partial charge in [0.05, 0.1) is 0 Å². The van der Waals surface area contributed by atoms with Crippen LogP contribution in [0.2, 0.25) is 0 Å². The Bertz CT molecular complexity index is 672. The minimum atomic E-state index is -0.886. The van der Waals surface area contributed by atoms with Gasteiger partial charge >= 0.3 is 0 Å². The van der Waals surface area contributed by atoms with E-state index in [9.17, 15) is 14.4 Å². The Morgan fingerprint density at radius 3 is 2.08 bits per heavy atom. The number of hydrogen-bond donors (Lipinski definition) is 1. The summed E-state index contributed by atoms with van der Waals surface area (Å²) >= 11 is 0. The molecule has 0 radical (unpaired) electrons. The van der Waals surface area contributed by atoms with Gasteiger partial charge in [0, 0.05) is 39.6 Å². The molecule has 2 aliphatic rings. The molecule has 134 valence electrons. The van der Waals surface area contributed by atoms with Gasteiger partial charge in [-0.25, -0.2) is 0 Å². The third kappa shape index (κ3) is 3.67. The second-order valence-electron chi connectivity index (χ2n) is 7.05. The average Bonchev–Trinajstić information content (AvgIpc) is 3.42. The standard InChI is InChI=1S/C19H25N3O3/c1-14-3-5-16(6-4-14)13-20-17(24)19(7-8-19)18(25)22-11-9-21(10-12-22)15(2)23/h3-6H,7-13H2,1-2H3,(H,20,24). The van der Waals surface area contributed by atoms with E-state index in [1.165, 1.54) is 5.56 Å². The highest BCUT2D eigenvalue weighted by atomic mass is 16.2. The predicted octanol–water partition coefficient (Wildman–Crippen LogP) is 1.08. The Hall–Kier alpha value is -2.37. The lowest BCUT2D eigenvalue weighted by Crippen LogP contribution is -2.54. The fourth-order valence-electron chi connectivity index (χ4n) is 3.25. The van der Waals surface area contributed by atoms with Gasteiger partial charge in [-0.05, 0) is 25.3 Å². The van der Waals surface area contributed by atoms with Crippen molar-refractivity contribution < 1.29 is 14.4 Å². The van der Waals surface area contributed by atoms with Crippen molar-refractivity contribution in [3.05, 3.63) is 35.4 Å². The van der Waals surface area contributed by atoms with E-state index in [-0.39, 0.29) is 17.7 Å². The fourth-order valence-corrected chi connectivity index (χ4v) is 3.25. The molecule has 1 aromatic carbocycles. The zero-order valence-corrected chi connectivity index (χ0v) is 14.9. The maximum atomic E-state index is 12.8. The zero-order chi connectivity index (χ0) is 18.0. The van der Waals surface area contributed by atoms with Crippen molar-refractivity contribution in [2.75, 3.05) is 26.2 Å². The van der Waals surface area contributed by atoms with Crippen molar-refractivity contribution in [3.63, 3.8) is 0 Å². The maximum absolute atomic E-state index is 12.8. The number of piperazine rings is 1. The Kier molecular flexibility index (Phi) is 4.79. The van der Waals surface area contributed by atoms with Crippen LogP contribution >= 0.6 is 0 Å². The number of carbonyl (C=O) groups excluding carboxylic acids is 3. The van der Waals surface area contributed by atoms with Crippen LogP contribution in [0.3, 0.4) is 0 Å². The fraction of sp³-hybridized carbons (Fsp3) is 0.526. The van der Waals surface area contributed by atoms with Gasteiger partial charge in [-0.3, -0.25) is 14.4 Å². The molecule has 1 saturated carbocycles. The smallest absolute Gasteiger partial charge is 0.238 e. The third-order valence-electron chi connectivity index (χ3n) is 5.18. The first-order valence-corrected chi connectivity index (χ1v) is 8.81. The molecule has 1 saturated heterocycles. The molecule has 1 aliphatic carbocycles. The number of rotatable bonds is 4. The summed E-state index contributed by atoms with van der Waals surface area (Å²) in [5, 5.41) is 2.92. The van der Waals surface area contributed by atoms with Gasteiger partial charge in [0.1, 0.15) is 5.41 Å². The first kappa shape index (κ1) is 17.5. The number of nitrogens with zero attached hydrogens (tertiary/aromatic N) is 2. The maximum Gasteiger partial charge on any atom is 0.238 e. The molecule has 1 N–H and O–H groups in total. The van der Waals surface area contributed by atoms with Crippen LogP contribution in [0.4, 0.5) is 0 Å². The van der Waals surface area contributed by atoms with E-state index in [1.54, 1.807) is 16.7 Å². The molecular formula is C19H25N3O3. The van der Waals surface area contributed by atoms with E-state index < -0.39 is 5.41 Å². The monoisotopic (exact) mass is 343 g/mol. The normalized spacial score (nSPS) is 18.6. The minimum Gasteiger partial charge on any atom is -0.351 e. The van der Waals surface area contributed by atoms with E-state index >= 15 is 0 Å². The number of hydrogen-bond acceptors (Lipinski definition) is 3. The van der Waals surface area contributed by atoms with E-state index in [0.29, 0.717) is 45.6 Å². The second kappa shape index (κ2) is 6.86. The topological polar surface area (TPSA) is 69.7 Å². The van der Waals surface area contributed by atoms with Crippen LogP contribution in [0.15, 0.2) is 24.3 Å². The van der Waals surface area contributed by atoms with Crippen LogP contribution in [0, 0.1) is 12.3 Å². The van der Waals surface area contributed by atoms with E-state index in [1.807, 2.05) is 31.2 Å². The molecule has 0 atom stereocenters. The van der Waals surface area contributed by atoms with Crippen LogP contribution in [0.25, 0.3) is 0 Å². The molecule has 1 aliphatic heterocycles. The average molecular weight is 343 g/mol. The van der Waals surface area contributed by atoms with Gasteiger partial charge in [0.15, 0.2) is 0 Å². The number of nitrogens with one attached hydrogen (secondary N) is 1. The molecule has 0 unspecified atom stereocenters. The van der Waals surface area contributed by atoms with Gasteiger partial charge in [-0.2, -0.15) is 0 Å². The Labute approximate surface area is 148 Å². The molecule has 6 heteroatoms. The SMILES string of the molecule is CC(=O)N1CCN(C(=O)C2(C(=O)NCc3ccc(C)cc3)CC2)CC1. The molecule has 3 amide bonds. The van der Waals surface area contributed by atoms with Crippen LogP contribution in [0.5, 0.6) is 0 Å².